The molecule has 2 aromatic carbocycles. The smallest absolute Gasteiger partial charge is 0.253 e. The topological polar surface area (TPSA) is 61.4 Å². The Morgan fingerprint density at radius 1 is 1.06 bits per heavy atom. The van der Waals surface area contributed by atoms with E-state index in [2.05, 4.69) is 34.9 Å². The van der Waals surface area contributed by atoms with Crippen LogP contribution in [0.4, 0.5) is 0 Å². The summed E-state index contributed by atoms with van der Waals surface area (Å²) in [5.74, 6) is 0.362. The van der Waals surface area contributed by atoms with Crippen LogP contribution in [0.25, 0.3) is 0 Å². The standard InChI is InChI=1S/C28H35N3O2.C2H6/c32-26(24-8-4-15-29-20-24)30-16-11-21-5-3-7-23(19-21)27(33)31-17-13-28(14-18-31)12-10-22-6-1-2-9-25(22)28;1-2/h1-3,5-7,9,19,24,29H,4,8,10-18,20H2,(H,30,32);1-2H3. The van der Waals surface area contributed by atoms with Crippen molar-refractivity contribution in [2.24, 2.45) is 5.92 Å². The fourth-order valence-electron chi connectivity index (χ4n) is 6.01. The van der Waals surface area contributed by atoms with Crippen LogP contribution in [0.5, 0.6) is 0 Å². The Hall–Kier alpha value is -2.66. The Morgan fingerprint density at radius 2 is 1.86 bits per heavy atom. The molecule has 1 aliphatic carbocycles. The van der Waals surface area contributed by atoms with E-state index >= 15 is 0 Å². The van der Waals surface area contributed by atoms with Gasteiger partial charge in [0.25, 0.3) is 5.91 Å². The van der Waals surface area contributed by atoms with Crippen LogP contribution in [0.2, 0.25) is 0 Å². The molecule has 0 saturated carbocycles. The molecule has 2 aliphatic heterocycles. The van der Waals surface area contributed by atoms with Crippen LogP contribution < -0.4 is 10.6 Å². The van der Waals surface area contributed by atoms with E-state index in [-0.39, 0.29) is 23.1 Å². The number of nitrogens with zero attached hydrogens (tertiary/aromatic N) is 1. The Labute approximate surface area is 210 Å². The highest BCUT2D eigenvalue weighted by Gasteiger charge is 2.41. The highest BCUT2D eigenvalue weighted by atomic mass is 16.2. The second-order valence-electron chi connectivity index (χ2n) is 10.0. The number of carbonyl (C=O) groups is 2. The predicted octanol–water partition coefficient (Wildman–Crippen LogP) is 4.49. The van der Waals surface area contributed by atoms with E-state index in [1.807, 2.05) is 43.0 Å². The molecule has 0 bridgehead atoms. The maximum absolute atomic E-state index is 13.2. The maximum Gasteiger partial charge on any atom is 0.253 e. The molecule has 5 rings (SSSR count). The number of carbonyl (C=O) groups excluding carboxylic acids is 2. The van der Waals surface area contributed by atoms with Gasteiger partial charge in [-0.05, 0) is 85.7 Å². The first kappa shape index (κ1) is 25.4. The van der Waals surface area contributed by atoms with E-state index in [0.29, 0.717) is 6.54 Å². The third-order valence-corrected chi connectivity index (χ3v) is 8.02. The van der Waals surface area contributed by atoms with Gasteiger partial charge in [0.15, 0.2) is 0 Å². The minimum atomic E-state index is 0.0842. The lowest BCUT2D eigenvalue weighted by Crippen LogP contribution is -2.44. The van der Waals surface area contributed by atoms with Crippen molar-refractivity contribution in [3.63, 3.8) is 0 Å². The van der Waals surface area contributed by atoms with Crippen LogP contribution in [0.15, 0.2) is 48.5 Å². The third-order valence-electron chi connectivity index (χ3n) is 8.02. The molecule has 5 nitrogen and oxygen atoms in total. The molecule has 2 fully saturated rings. The number of hydrogen-bond acceptors (Lipinski definition) is 3. The second-order valence-corrected chi connectivity index (χ2v) is 10.0. The molecule has 2 saturated heterocycles. The van der Waals surface area contributed by atoms with Crippen molar-refractivity contribution < 1.29 is 9.59 Å². The summed E-state index contributed by atoms with van der Waals surface area (Å²) in [7, 11) is 0. The van der Waals surface area contributed by atoms with Gasteiger partial charge in [-0.3, -0.25) is 9.59 Å². The number of likely N-dealkylation sites (tertiary alicyclic amines) is 1. The average Bonchev–Trinajstić information content (AvgIpc) is 3.28. The molecule has 3 aliphatic rings. The van der Waals surface area contributed by atoms with Crippen molar-refractivity contribution in [1.82, 2.24) is 15.5 Å². The lowest BCUT2D eigenvalue weighted by molar-refractivity contribution is -0.125. The van der Waals surface area contributed by atoms with Crippen LogP contribution in [0.3, 0.4) is 0 Å². The first-order valence-corrected chi connectivity index (χ1v) is 13.6. The van der Waals surface area contributed by atoms with Crippen molar-refractivity contribution >= 4 is 11.8 Å². The number of rotatable bonds is 5. The Morgan fingerprint density at radius 3 is 2.63 bits per heavy atom. The predicted molar refractivity (Wildman–Crippen MR) is 142 cm³/mol. The minimum absolute atomic E-state index is 0.0842. The van der Waals surface area contributed by atoms with E-state index in [1.165, 1.54) is 24.0 Å². The molecule has 2 amide bonds. The molecule has 35 heavy (non-hydrogen) atoms. The quantitative estimate of drug-likeness (QED) is 0.670. The number of amides is 2. The molecule has 0 aromatic heterocycles. The summed E-state index contributed by atoms with van der Waals surface area (Å²) in [6, 6.07) is 16.8. The van der Waals surface area contributed by atoms with Crippen LogP contribution in [0, 0.1) is 5.92 Å². The molecule has 188 valence electrons. The normalized spacial score (nSPS) is 20.5. The highest BCUT2D eigenvalue weighted by Crippen LogP contribution is 2.46. The second kappa shape index (κ2) is 11.9. The van der Waals surface area contributed by atoms with Crippen LogP contribution >= 0.6 is 0 Å². The van der Waals surface area contributed by atoms with Gasteiger partial charge in [-0.25, -0.2) is 0 Å². The van der Waals surface area contributed by atoms with E-state index in [0.717, 1.165) is 69.4 Å². The fourth-order valence-corrected chi connectivity index (χ4v) is 6.01. The number of benzene rings is 2. The maximum atomic E-state index is 13.2. The summed E-state index contributed by atoms with van der Waals surface area (Å²) >= 11 is 0. The van der Waals surface area contributed by atoms with Gasteiger partial charge >= 0.3 is 0 Å². The fraction of sp³-hybridized carbons (Fsp3) is 0.533. The van der Waals surface area contributed by atoms with E-state index in [9.17, 15) is 9.59 Å². The van der Waals surface area contributed by atoms with Gasteiger partial charge in [-0.15, -0.1) is 0 Å². The number of hydrogen-bond donors (Lipinski definition) is 2. The molecule has 1 spiro atoms. The van der Waals surface area contributed by atoms with Gasteiger partial charge in [0.1, 0.15) is 0 Å². The van der Waals surface area contributed by atoms with E-state index in [4.69, 9.17) is 0 Å². The first-order valence-electron chi connectivity index (χ1n) is 13.6. The SMILES string of the molecule is CC.O=C(NCCc1cccc(C(=O)N2CCC3(CCc4ccccc43)CC2)c1)C1CCCNC1. The number of fused-ring (bicyclic) bond motifs is 2. The zero-order valence-corrected chi connectivity index (χ0v) is 21.4. The summed E-state index contributed by atoms with van der Waals surface area (Å²) in [6.07, 6.45) is 7.26. The van der Waals surface area contributed by atoms with Crippen LogP contribution in [0.1, 0.15) is 73.0 Å². The number of piperidine rings is 2. The van der Waals surface area contributed by atoms with Gasteiger partial charge in [-0.1, -0.05) is 50.2 Å². The van der Waals surface area contributed by atoms with Gasteiger partial charge < -0.3 is 15.5 Å². The summed E-state index contributed by atoms with van der Waals surface area (Å²) in [5.41, 5.74) is 5.14. The van der Waals surface area contributed by atoms with E-state index < -0.39 is 0 Å². The molecule has 1 atom stereocenters. The van der Waals surface area contributed by atoms with Crippen molar-refractivity contribution in [3.8, 4) is 0 Å². The van der Waals surface area contributed by atoms with Crippen LogP contribution in [-0.2, 0) is 23.1 Å². The van der Waals surface area contributed by atoms with E-state index in [1.54, 1.807) is 0 Å². The zero-order valence-electron chi connectivity index (χ0n) is 21.4. The Balaban J connectivity index is 0.00000141. The van der Waals surface area contributed by atoms with Crippen molar-refractivity contribution in [1.29, 1.82) is 0 Å². The molecular formula is C30H41N3O2. The molecule has 0 radical (unpaired) electrons. The summed E-state index contributed by atoms with van der Waals surface area (Å²) < 4.78 is 0. The lowest BCUT2D eigenvalue weighted by Gasteiger charge is -2.40. The van der Waals surface area contributed by atoms with Crippen LogP contribution in [-0.4, -0.2) is 49.4 Å². The Kier molecular flexibility index (Phi) is 8.61. The number of nitrogens with one attached hydrogen (secondary N) is 2. The lowest BCUT2D eigenvalue weighted by atomic mass is 9.74. The monoisotopic (exact) mass is 475 g/mol. The summed E-state index contributed by atoms with van der Waals surface area (Å²) in [5, 5.41) is 6.37. The molecule has 2 heterocycles. The highest BCUT2D eigenvalue weighted by molar-refractivity contribution is 5.94. The Bertz CT molecular complexity index is 1000. The minimum Gasteiger partial charge on any atom is -0.355 e. The average molecular weight is 476 g/mol. The largest absolute Gasteiger partial charge is 0.355 e. The molecule has 2 aromatic rings. The molecular weight excluding hydrogens is 434 g/mol. The molecule has 2 N–H and O–H groups in total. The van der Waals surface area contributed by atoms with Gasteiger partial charge in [0.05, 0.1) is 5.92 Å². The van der Waals surface area contributed by atoms with Gasteiger partial charge in [0, 0.05) is 31.7 Å². The van der Waals surface area contributed by atoms with Gasteiger partial charge in [-0.2, -0.15) is 0 Å². The summed E-state index contributed by atoms with van der Waals surface area (Å²) in [4.78, 5) is 27.6. The first-order chi connectivity index (χ1) is 17.1. The summed E-state index contributed by atoms with van der Waals surface area (Å²) in [6.45, 7) is 8.04. The van der Waals surface area contributed by atoms with Gasteiger partial charge in [0.2, 0.25) is 5.91 Å². The third kappa shape index (κ3) is 5.78. The van der Waals surface area contributed by atoms with Crippen molar-refractivity contribution in [2.75, 3.05) is 32.7 Å². The zero-order chi connectivity index (χ0) is 24.7. The number of aryl methyl sites for hydroxylation is 1. The van der Waals surface area contributed by atoms with Crippen molar-refractivity contribution in [3.05, 3.63) is 70.8 Å². The molecule has 1 unspecified atom stereocenters. The molecule has 5 heteroatoms. The van der Waals surface area contributed by atoms with Crippen molar-refractivity contribution in [2.45, 2.75) is 64.2 Å².